The second-order valence-corrected chi connectivity index (χ2v) is 4.08. The molecule has 1 heterocycles. The minimum atomic E-state index is -0.750. The summed E-state index contributed by atoms with van der Waals surface area (Å²) < 4.78 is 0. The van der Waals surface area contributed by atoms with Gasteiger partial charge >= 0.3 is 5.97 Å². The first-order valence-electron chi connectivity index (χ1n) is 5.52. The highest BCUT2D eigenvalue weighted by atomic mass is 16.4. The largest absolute Gasteiger partial charge is 0.480 e. The number of nitrogens with zero attached hydrogens (tertiary/aromatic N) is 2. The Kier molecular flexibility index (Phi) is 5.60. The molecule has 0 aromatic heterocycles. The van der Waals surface area contributed by atoms with E-state index in [1.165, 1.54) is 0 Å². The highest BCUT2D eigenvalue weighted by molar-refractivity contribution is 5.68. The van der Waals surface area contributed by atoms with E-state index in [0.29, 0.717) is 0 Å². The summed E-state index contributed by atoms with van der Waals surface area (Å²) in [6.45, 7) is 6.45. The molecule has 1 rings (SSSR count). The molecule has 2 N–H and O–H groups in total. The van der Waals surface area contributed by atoms with Crippen LogP contribution in [0, 0.1) is 0 Å². The summed E-state index contributed by atoms with van der Waals surface area (Å²) in [6.07, 6.45) is 1.05. The molecule has 88 valence electrons. The third-order valence-electron chi connectivity index (χ3n) is 2.63. The van der Waals surface area contributed by atoms with Crippen molar-refractivity contribution in [3.8, 4) is 0 Å². The van der Waals surface area contributed by atoms with Gasteiger partial charge in [0.05, 0.1) is 6.54 Å². The summed E-state index contributed by atoms with van der Waals surface area (Å²) in [7, 11) is 1.85. The van der Waals surface area contributed by atoms with E-state index >= 15 is 0 Å². The molecule has 0 unspecified atom stereocenters. The van der Waals surface area contributed by atoms with Gasteiger partial charge < -0.3 is 15.3 Å². The van der Waals surface area contributed by atoms with Gasteiger partial charge in [-0.1, -0.05) is 0 Å². The molecule has 0 amide bonds. The molecular weight excluding hydrogens is 194 g/mol. The summed E-state index contributed by atoms with van der Waals surface area (Å²) in [5.74, 6) is -0.750. The molecule has 1 saturated heterocycles. The van der Waals surface area contributed by atoms with Crippen LogP contribution >= 0.6 is 0 Å². The van der Waals surface area contributed by atoms with E-state index in [-0.39, 0.29) is 6.54 Å². The van der Waals surface area contributed by atoms with E-state index in [1.807, 2.05) is 11.9 Å². The van der Waals surface area contributed by atoms with Crippen LogP contribution in [0.5, 0.6) is 0 Å². The van der Waals surface area contributed by atoms with Crippen LogP contribution in [0.2, 0.25) is 0 Å². The maximum Gasteiger partial charge on any atom is 0.317 e. The number of likely N-dealkylation sites (N-methyl/N-ethyl adjacent to an activating group) is 1. The third kappa shape index (κ3) is 5.71. The van der Waals surface area contributed by atoms with Crippen molar-refractivity contribution >= 4 is 5.97 Å². The summed E-state index contributed by atoms with van der Waals surface area (Å²) in [5, 5.41) is 11.9. The van der Waals surface area contributed by atoms with Crippen molar-refractivity contribution in [1.29, 1.82) is 0 Å². The fourth-order valence-corrected chi connectivity index (χ4v) is 1.81. The second kappa shape index (κ2) is 6.76. The van der Waals surface area contributed by atoms with Crippen LogP contribution in [0.3, 0.4) is 0 Å². The van der Waals surface area contributed by atoms with E-state index in [2.05, 4.69) is 10.2 Å². The number of carboxylic acids is 1. The number of piperazine rings is 1. The molecule has 0 aromatic rings. The smallest absolute Gasteiger partial charge is 0.317 e. The molecular formula is C10H21N3O2. The highest BCUT2D eigenvalue weighted by Crippen LogP contribution is 1.95. The molecule has 1 aliphatic heterocycles. The molecule has 1 fully saturated rings. The lowest BCUT2D eigenvalue weighted by atomic mass is 10.3. The monoisotopic (exact) mass is 215 g/mol. The number of hydrogen-bond donors (Lipinski definition) is 2. The normalized spacial score (nSPS) is 18.3. The van der Waals surface area contributed by atoms with Crippen LogP contribution in [-0.4, -0.2) is 73.7 Å². The molecule has 0 atom stereocenters. The van der Waals surface area contributed by atoms with Gasteiger partial charge in [-0.15, -0.1) is 0 Å². The maximum atomic E-state index is 10.4. The SMILES string of the molecule is CN(CCCN1CCNCC1)CC(=O)O. The van der Waals surface area contributed by atoms with Gasteiger partial charge in [0.1, 0.15) is 0 Å². The van der Waals surface area contributed by atoms with E-state index in [1.54, 1.807) is 0 Å². The topological polar surface area (TPSA) is 55.8 Å². The Balaban J connectivity index is 2.02. The molecule has 0 aliphatic carbocycles. The molecule has 5 heteroatoms. The van der Waals surface area contributed by atoms with Crippen molar-refractivity contribution < 1.29 is 9.90 Å². The van der Waals surface area contributed by atoms with Crippen molar-refractivity contribution in [2.24, 2.45) is 0 Å². The molecule has 5 nitrogen and oxygen atoms in total. The van der Waals surface area contributed by atoms with Crippen LogP contribution in [0.1, 0.15) is 6.42 Å². The summed E-state index contributed by atoms with van der Waals surface area (Å²) >= 11 is 0. The van der Waals surface area contributed by atoms with Gasteiger partial charge in [0.25, 0.3) is 0 Å². The Morgan fingerprint density at radius 3 is 2.73 bits per heavy atom. The van der Waals surface area contributed by atoms with Crippen LogP contribution in [0.4, 0.5) is 0 Å². The molecule has 0 aromatic carbocycles. The van der Waals surface area contributed by atoms with Crippen molar-refractivity contribution in [3.05, 3.63) is 0 Å². The van der Waals surface area contributed by atoms with E-state index in [9.17, 15) is 4.79 Å². The van der Waals surface area contributed by atoms with Gasteiger partial charge in [-0.3, -0.25) is 9.69 Å². The Hall–Kier alpha value is -0.650. The summed E-state index contributed by atoms with van der Waals surface area (Å²) in [5.41, 5.74) is 0. The van der Waals surface area contributed by atoms with Crippen molar-refractivity contribution in [2.45, 2.75) is 6.42 Å². The first-order valence-corrected chi connectivity index (χ1v) is 5.52. The van der Waals surface area contributed by atoms with Crippen LogP contribution in [-0.2, 0) is 4.79 Å². The first-order chi connectivity index (χ1) is 7.18. The number of carbonyl (C=O) groups is 1. The van der Waals surface area contributed by atoms with Crippen LogP contribution in [0.15, 0.2) is 0 Å². The number of hydrogen-bond acceptors (Lipinski definition) is 4. The molecule has 1 aliphatic rings. The van der Waals surface area contributed by atoms with E-state index < -0.39 is 5.97 Å². The van der Waals surface area contributed by atoms with Gasteiger partial charge in [0.2, 0.25) is 0 Å². The standard InChI is InChI=1S/C10H21N3O2/c1-12(9-10(14)15)5-2-6-13-7-3-11-4-8-13/h11H,2-9H2,1H3,(H,14,15). The molecule has 0 bridgehead atoms. The molecule has 0 spiro atoms. The van der Waals surface area contributed by atoms with E-state index in [0.717, 1.165) is 45.7 Å². The predicted molar refractivity (Wildman–Crippen MR) is 59.1 cm³/mol. The lowest BCUT2D eigenvalue weighted by molar-refractivity contribution is -0.137. The number of carboxylic acid groups (broad SMARTS) is 1. The van der Waals surface area contributed by atoms with Gasteiger partial charge in [-0.25, -0.2) is 0 Å². The zero-order valence-electron chi connectivity index (χ0n) is 9.41. The zero-order valence-corrected chi connectivity index (χ0v) is 9.41. The van der Waals surface area contributed by atoms with Gasteiger partial charge in [-0.2, -0.15) is 0 Å². The fraction of sp³-hybridized carbons (Fsp3) is 0.900. The average molecular weight is 215 g/mol. The van der Waals surface area contributed by atoms with Crippen LogP contribution < -0.4 is 5.32 Å². The lowest BCUT2D eigenvalue weighted by Crippen LogP contribution is -2.44. The zero-order chi connectivity index (χ0) is 11.1. The Bertz CT molecular complexity index is 193. The second-order valence-electron chi connectivity index (χ2n) is 4.08. The molecule has 15 heavy (non-hydrogen) atoms. The van der Waals surface area contributed by atoms with Crippen LogP contribution in [0.25, 0.3) is 0 Å². The molecule has 0 saturated carbocycles. The van der Waals surface area contributed by atoms with Crippen molar-refractivity contribution in [1.82, 2.24) is 15.1 Å². The highest BCUT2D eigenvalue weighted by Gasteiger charge is 2.09. The predicted octanol–water partition coefficient (Wildman–Crippen LogP) is -0.702. The fourth-order valence-electron chi connectivity index (χ4n) is 1.81. The summed E-state index contributed by atoms with van der Waals surface area (Å²) in [4.78, 5) is 14.7. The van der Waals surface area contributed by atoms with Gasteiger partial charge in [-0.05, 0) is 26.6 Å². The summed E-state index contributed by atoms with van der Waals surface area (Å²) in [6, 6.07) is 0. The maximum absolute atomic E-state index is 10.4. The minimum absolute atomic E-state index is 0.140. The lowest BCUT2D eigenvalue weighted by Gasteiger charge is -2.27. The number of aliphatic carboxylic acids is 1. The quantitative estimate of drug-likeness (QED) is 0.613. The average Bonchev–Trinajstić information content (AvgIpc) is 2.18. The minimum Gasteiger partial charge on any atom is -0.480 e. The number of rotatable bonds is 6. The van der Waals surface area contributed by atoms with Crippen molar-refractivity contribution in [3.63, 3.8) is 0 Å². The Morgan fingerprint density at radius 2 is 2.13 bits per heavy atom. The van der Waals surface area contributed by atoms with Gasteiger partial charge in [0, 0.05) is 26.2 Å². The first kappa shape index (κ1) is 12.4. The molecule has 0 radical (unpaired) electrons. The van der Waals surface area contributed by atoms with Crippen molar-refractivity contribution in [2.75, 3.05) is 52.9 Å². The van der Waals surface area contributed by atoms with E-state index in [4.69, 9.17) is 5.11 Å². The Morgan fingerprint density at radius 1 is 1.47 bits per heavy atom. The van der Waals surface area contributed by atoms with Gasteiger partial charge in [0.15, 0.2) is 0 Å². The third-order valence-corrected chi connectivity index (χ3v) is 2.63. The Labute approximate surface area is 91.0 Å². The number of nitrogens with one attached hydrogen (secondary N) is 1.